The Labute approximate surface area is 108 Å². The molecule has 7 heteroatoms. The SMILES string of the molecule is COC(=O)c1c(C(Br)Br)cccc1[N+](=O)[O-]. The van der Waals surface area contributed by atoms with Crippen molar-refractivity contribution < 1.29 is 14.5 Å². The lowest BCUT2D eigenvalue weighted by Gasteiger charge is -2.08. The van der Waals surface area contributed by atoms with Crippen molar-refractivity contribution in [3.63, 3.8) is 0 Å². The van der Waals surface area contributed by atoms with Crippen molar-refractivity contribution in [2.75, 3.05) is 7.11 Å². The number of hydrogen-bond acceptors (Lipinski definition) is 4. The summed E-state index contributed by atoms with van der Waals surface area (Å²) in [7, 11) is 1.18. The van der Waals surface area contributed by atoms with Gasteiger partial charge < -0.3 is 4.74 Å². The highest BCUT2D eigenvalue weighted by molar-refractivity contribution is 9.24. The highest BCUT2D eigenvalue weighted by atomic mass is 79.9. The van der Waals surface area contributed by atoms with Gasteiger partial charge in [-0.2, -0.15) is 0 Å². The number of rotatable bonds is 3. The summed E-state index contributed by atoms with van der Waals surface area (Å²) in [4.78, 5) is 21.7. The first kappa shape index (κ1) is 13.1. The van der Waals surface area contributed by atoms with Crippen LogP contribution in [0.2, 0.25) is 0 Å². The molecule has 0 saturated carbocycles. The fourth-order valence-corrected chi connectivity index (χ4v) is 1.98. The van der Waals surface area contributed by atoms with Gasteiger partial charge in [-0.1, -0.05) is 44.0 Å². The van der Waals surface area contributed by atoms with Crippen molar-refractivity contribution >= 4 is 43.5 Å². The average Bonchev–Trinajstić information content (AvgIpc) is 2.26. The van der Waals surface area contributed by atoms with Crippen LogP contribution in [0.25, 0.3) is 0 Å². The van der Waals surface area contributed by atoms with Crippen molar-refractivity contribution in [2.24, 2.45) is 0 Å². The topological polar surface area (TPSA) is 69.4 Å². The fourth-order valence-electron chi connectivity index (χ4n) is 1.22. The molecule has 0 amide bonds. The maximum absolute atomic E-state index is 11.5. The molecule has 0 aromatic heterocycles. The second-order valence-corrected chi connectivity index (χ2v) is 5.85. The van der Waals surface area contributed by atoms with Gasteiger partial charge in [0.1, 0.15) is 5.56 Å². The van der Waals surface area contributed by atoms with Gasteiger partial charge in [-0.05, 0) is 5.56 Å². The molecule has 0 saturated heterocycles. The van der Waals surface area contributed by atoms with Gasteiger partial charge in [0.15, 0.2) is 0 Å². The molecular formula is C9H7Br2NO4. The minimum absolute atomic E-state index is 0.0475. The van der Waals surface area contributed by atoms with Gasteiger partial charge in [-0.15, -0.1) is 0 Å². The Bertz CT molecular complexity index is 434. The number of halogens is 2. The Morgan fingerprint density at radius 2 is 2.12 bits per heavy atom. The molecule has 0 heterocycles. The molecule has 1 aromatic carbocycles. The summed E-state index contributed by atoms with van der Waals surface area (Å²) < 4.78 is 4.18. The van der Waals surface area contributed by atoms with Gasteiger partial charge in [-0.25, -0.2) is 4.79 Å². The van der Waals surface area contributed by atoms with Crippen LogP contribution in [0.4, 0.5) is 5.69 Å². The molecule has 0 N–H and O–H groups in total. The van der Waals surface area contributed by atoms with Crippen LogP contribution >= 0.6 is 31.9 Å². The van der Waals surface area contributed by atoms with Crippen LogP contribution in [-0.4, -0.2) is 18.0 Å². The van der Waals surface area contributed by atoms with Gasteiger partial charge in [0, 0.05) is 6.07 Å². The van der Waals surface area contributed by atoms with Crippen LogP contribution in [0, 0.1) is 10.1 Å². The Kier molecular flexibility index (Phi) is 4.43. The lowest BCUT2D eigenvalue weighted by Crippen LogP contribution is -2.09. The van der Waals surface area contributed by atoms with E-state index in [1.165, 1.54) is 19.2 Å². The average molecular weight is 353 g/mol. The maximum Gasteiger partial charge on any atom is 0.345 e. The second-order valence-electron chi connectivity index (χ2n) is 2.79. The van der Waals surface area contributed by atoms with E-state index in [0.29, 0.717) is 5.56 Å². The molecule has 0 aliphatic carbocycles. The summed E-state index contributed by atoms with van der Waals surface area (Å²) in [6, 6.07) is 4.38. The predicted octanol–water partition coefficient (Wildman–Crippen LogP) is 3.17. The largest absolute Gasteiger partial charge is 0.465 e. The molecule has 0 unspecified atom stereocenters. The van der Waals surface area contributed by atoms with Gasteiger partial charge >= 0.3 is 5.97 Å². The molecule has 16 heavy (non-hydrogen) atoms. The highest BCUT2D eigenvalue weighted by Crippen LogP contribution is 2.35. The van der Waals surface area contributed by atoms with Crippen molar-refractivity contribution in [3.8, 4) is 0 Å². The summed E-state index contributed by atoms with van der Waals surface area (Å²) in [5.74, 6) is -0.730. The number of ether oxygens (including phenoxy) is 1. The van der Waals surface area contributed by atoms with E-state index in [2.05, 4.69) is 36.6 Å². The summed E-state index contributed by atoms with van der Waals surface area (Å²) in [6.45, 7) is 0. The van der Waals surface area contributed by atoms with Gasteiger partial charge in [0.25, 0.3) is 5.69 Å². The number of nitro benzene ring substituents is 1. The minimum Gasteiger partial charge on any atom is -0.465 e. The van der Waals surface area contributed by atoms with Crippen LogP contribution < -0.4 is 0 Å². The fraction of sp³-hybridized carbons (Fsp3) is 0.222. The molecule has 86 valence electrons. The zero-order valence-corrected chi connectivity index (χ0v) is 11.3. The summed E-state index contributed by atoms with van der Waals surface area (Å²) in [5.41, 5.74) is 0.142. The highest BCUT2D eigenvalue weighted by Gasteiger charge is 2.26. The molecular weight excluding hydrogens is 346 g/mol. The van der Waals surface area contributed by atoms with E-state index in [4.69, 9.17) is 0 Å². The van der Waals surface area contributed by atoms with E-state index < -0.39 is 10.9 Å². The van der Waals surface area contributed by atoms with E-state index in [1.54, 1.807) is 6.07 Å². The Morgan fingerprint density at radius 3 is 2.56 bits per heavy atom. The van der Waals surface area contributed by atoms with E-state index in [9.17, 15) is 14.9 Å². The third-order valence-corrected chi connectivity index (χ3v) is 2.88. The number of carbonyl (C=O) groups excluding carboxylic acids is 1. The number of esters is 1. The number of carbonyl (C=O) groups is 1. The lowest BCUT2D eigenvalue weighted by atomic mass is 10.1. The van der Waals surface area contributed by atoms with Gasteiger partial charge in [0.2, 0.25) is 0 Å². The van der Waals surface area contributed by atoms with Crippen molar-refractivity contribution in [1.29, 1.82) is 0 Å². The van der Waals surface area contributed by atoms with Crippen LogP contribution in [-0.2, 0) is 4.74 Å². The van der Waals surface area contributed by atoms with Crippen molar-refractivity contribution in [2.45, 2.75) is 3.74 Å². The maximum atomic E-state index is 11.5. The molecule has 0 bridgehead atoms. The Balaban J connectivity index is 3.47. The summed E-state index contributed by atoms with van der Waals surface area (Å²) >= 11 is 6.40. The van der Waals surface area contributed by atoms with Crippen LogP contribution in [0.5, 0.6) is 0 Å². The van der Waals surface area contributed by atoms with Crippen molar-refractivity contribution in [1.82, 2.24) is 0 Å². The van der Waals surface area contributed by atoms with Crippen LogP contribution in [0.15, 0.2) is 18.2 Å². The quantitative estimate of drug-likeness (QED) is 0.362. The molecule has 0 spiro atoms. The first-order valence-corrected chi connectivity index (χ1v) is 5.96. The lowest BCUT2D eigenvalue weighted by molar-refractivity contribution is -0.385. The van der Waals surface area contributed by atoms with Gasteiger partial charge in [0.05, 0.1) is 15.8 Å². The van der Waals surface area contributed by atoms with Crippen LogP contribution in [0.1, 0.15) is 19.7 Å². The molecule has 0 fully saturated rings. The first-order chi connectivity index (χ1) is 7.49. The Morgan fingerprint density at radius 1 is 1.50 bits per heavy atom. The monoisotopic (exact) mass is 351 g/mol. The van der Waals surface area contributed by atoms with E-state index in [0.717, 1.165) is 0 Å². The summed E-state index contributed by atoms with van der Waals surface area (Å²) in [6.07, 6.45) is 0. The van der Waals surface area contributed by atoms with E-state index in [1.807, 2.05) is 0 Å². The summed E-state index contributed by atoms with van der Waals surface area (Å²) in [5, 5.41) is 10.8. The second kappa shape index (κ2) is 5.40. The smallest absolute Gasteiger partial charge is 0.345 e. The van der Waals surface area contributed by atoms with Crippen LogP contribution in [0.3, 0.4) is 0 Å². The molecule has 0 atom stereocenters. The zero-order chi connectivity index (χ0) is 12.3. The number of nitrogens with zero attached hydrogens (tertiary/aromatic N) is 1. The number of benzene rings is 1. The number of hydrogen-bond donors (Lipinski definition) is 0. The number of nitro groups is 1. The molecule has 0 aliphatic rings. The molecule has 5 nitrogen and oxygen atoms in total. The van der Waals surface area contributed by atoms with Gasteiger partial charge in [-0.3, -0.25) is 10.1 Å². The number of methoxy groups -OCH3 is 1. The predicted molar refractivity (Wildman–Crippen MR) is 65.0 cm³/mol. The third-order valence-electron chi connectivity index (χ3n) is 1.90. The zero-order valence-electron chi connectivity index (χ0n) is 8.15. The Hall–Kier alpha value is -0.950. The minimum atomic E-state index is -0.730. The standard InChI is InChI=1S/C9H7Br2NO4/c1-16-9(13)7-5(8(10)11)3-2-4-6(7)12(14)15/h2-4,8H,1H3. The first-order valence-electron chi connectivity index (χ1n) is 4.12. The third kappa shape index (κ3) is 2.59. The van der Waals surface area contributed by atoms with E-state index in [-0.39, 0.29) is 15.0 Å². The molecule has 1 aromatic rings. The molecule has 1 rings (SSSR count). The molecule has 0 aliphatic heterocycles. The van der Waals surface area contributed by atoms with Crippen molar-refractivity contribution in [3.05, 3.63) is 39.4 Å². The van der Waals surface area contributed by atoms with E-state index >= 15 is 0 Å². The normalized spacial score (nSPS) is 10.2. The number of alkyl halides is 2. The molecule has 0 radical (unpaired) electrons.